The number of ether oxygens (including phenoxy) is 1. The molecule has 1 atom stereocenters. The first-order valence-corrected chi connectivity index (χ1v) is 6.09. The van der Waals surface area contributed by atoms with Crippen molar-refractivity contribution in [1.82, 2.24) is 10.2 Å². The zero-order chi connectivity index (χ0) is 13.8. The first-order valence-electron chi connectivity index (χ1n) is 6.09. The number of esters is 1. The summed E-state index contributed by atoms with van der Waals surface area (Å²) < 4.78 is 17.7. The molecule has 0 aliphatic carbocycles. The highest BCUT2D eigenvalue weighted by Crippen LogP contribution is 2.23. The third-order valence-electron chi connectivity index (χ3n) is 2.92. The number of nitrogens with zero attached hydrogens (tertiary/aromatic N) is 1. The van der Waals surface area contributed by atoms with Crippen LogP contribution < -0.4 is 0 Å². The van der Waals surface area contributed by atoms with Crippen LogP contribution in [0.3, 0.4) is 0 Å². The minimum atomic E-state index is -0.448. The summed E-state index contributed by atoms with van der Waals surface area (Å²) in [5.41, 5.74) is 1.99. The summed E-state index contributed by atoms with van der Waals surface area (Å²) in [5.74, 6) is -0.722. The smallest absolute Gasteiger partial charge is 0.358 e. The van der Waals surface area contributed by atoms with E-state index in [1.165, 1.54) is 12.1 Å². The van der Waals surface area contributed by atoms with Gasteiger partial charge in [-0.1, -0.05) is 19.1 Å². The van der Waals surface area contributed by atoms with Gasteiger partial charge in [-0.05, 0) is 30.7 Å². The van der Waals surface area contributed by atoms with Gasteiger partial charge in [0.2, 0.25) is 0 Å². The van der Waals surface area contributed by atoms with E-state index in [-0.39, 0.29) is 17.4 Å². The Bertz CT molecular complexity index is 563. The minimum Gasteiger partial charge on any atom is -0.461 e. The van der Waals surface area contributed by atoms with Crippen LogP contribution in [0, 0.1) is 5.82 Å². The SMILES string of the molecule is CCOC(=O)c1cc(C(C)c2ccc(F)cc2)[nH]n1. The van der Waals surface area contributed by atoms with E-state index in [0.717, 1.165) is 11.3 Å². The minimum absolute atomic E-state index is 0.00345. The third-order valence-corrected chi connectivity index (χ3v) is 2.92. The number of halogens is 1. The fourth-order valence-corrected chi connectivity index (χ4v) is 1.80. The van der Waals surface area contributed by atoms with Crippen LogP contribution in [-0.4, -0.2) is 22.8 Å². The molecular weight excluding hydrogens is 247 g/mol. The molecule has 0 bridgehead atoms. The Morgan fingerprint density at radius 1 is 1.42 bits per heavy atom. The van der Waals surface area contributed by atoms with Crippen LogP contribution in [0.2, 0.25) is 0 Å². The van der Waals surface area contributed by atoms with E-state index >= 15 is 0 Å². The average Bonchev–Trinajstić information content (AvgIpc) is 2.89. The van der Waals surface area contributed by atoms with Crippen LogP contribution >= 0.6 is 0 Å². The summed E-state index contributed by atoms with van der Waals surface area (Å²) in [6.07, 6.45) is 0. The second kappa shape index (κ2) is 5.65. The monoisotopic (exact) mass is 262 g/mol. The van der Waals surface area contributed by atoms with Gasteiger partial charge in [-0.3, -0.25) is 5.10 Å². The van der Waals surface area contributed by atoms with Crippen molar-refractivity contribution in [2.45, 2.75) is 19.8 Å². The van der Waals surface area contributed by atoms with Crippen molar-refractivity contribution in [2.75, 3.05) is 6.61 Å². The number of carbonyl (C=O) groups excluding carboxylic acids is 1. The molecule has 4 nitrogen and oxygen atoms in total. The van der Waals surface area contributed by atoms with Gasteiger partial charge in [-0.25, -0.2) is 9.18 Å². The fraction of sp³-hybridized carbons (Fsp3) is 0.286. The number of aromatic nitrogens is 2. The molecule has 0 aliphatic rings. The van der Waals surface area contributed by atoms with Gasteiger partial charge in [-0.15, -0.1) is 0 Å². The number of rotatable bonds is 4. The quantitative estimate of drug-likeness (QED) is 0.862. The normalized spacial score (nSPS) is 12.2. The van der Waals surface area contributed by atoms with E-state index in [2.05, 4.69) is 10.2 Å². The van der Waals surface area contributed by atoms with Gasteiger partial charge in [0.1, 0.15) is 5.82 Å². The molecule has 1 aromatic heterocycles. The standard InChI is InChI=1S/C14H15FN2O2/c1-3-19-14(18)13-8-12(16-17-13)9(2)10-4-6-11(15)7-5-10/h4-9H,3H2,1-2H3,(H,16,17). The van der Waals surface area contributed by atoms with Gasteiger partial charge in [0, 0.05) is 11.6 Å². The Labute approximate surface area is 110 Å². The van der Waals surface area contributed by atoms with Crippen molar-refractivity contribution >= 4 is 5.97 Å². The Balaban J connectivity index is 2.18. The molecule has 0 fully saturated rings. The molecule has 0 radical (unpaired) electrons. The summed E-state index contributed by atoms with van der Waals surface area (Å²) in [5, 5.41) is 6.74. The predicted molar refractivity (Wildman–Crippen MR) is 68.5 cm³/mol. The van der Waals surface area contributed by atoms with Crippen LogP contribution in [0.4, 0.5) is 4.39 Å². The molecule has 5 heteroatoms. The number of nitrogens with one attached hydrogen (secondary N) is 1. The van der Waals surface area contributed by atoms with Crippen LogP contribution in [-0.2, 0) is 4.74 Å². The Hall–Kier alpha value is -2.17. The highest BCUT2D eigenvalue weighted by Gasteiger charge is 2.16. The topological polar surface area (TPSA) is 55.0 Å². The van der Waals surface area contributed by atoms with Crippen molar-refractivity contribution in [3.05, 3.63) is 53.1 Å². The Morgan fingerprint density at radius 2 is 2.11 bits per heavy atom. The first kappa shape index (κ1) is 13.3. The lowest BCUT2D eigenvalue weighted by molar-refractivity contribution is 0.0519. The number of benzene rings is 1. The third kappa shape index (κ3) is 2.99. The maximum atomic E-state index is 12.9. The molecule has 0 spiro atoms. The maximum Gasteiger partial charge on any atom is 0.358 e. The molecule has 1 unspecified atom stereocenters. The number of hydrogen-bond donors (Lipinski definition) is 1. The van der Waals surface area contributed by atoms with Crippen molar-refractivity contribution in [2.24, 2.45) is 0 Å². The molecule has 1 N–H and O–H groups in total. The van der Waals surface area contributed by atoms with Crippen molar-refractivity contribution in [3.8, 4) is 0 Å². The maximum absolute atomic E-state index is 12.9. The second-order valence-corrected chi connectivity index (χ2v) is 4.20. The molecule has 1 aromatic carbocycles. The van der Waals surface area contributed by atoms with Gasteiger partial charge in [0.25, 0.3) is 0 Å². The number of carbonyl (C=O) groups is 1. The highest BCUT2D eigenvalue weighted by molar-refractivity contribution is 5.87. The second-order valence-electron chi connectivity index (χ2n) is 4.20. The predicted octanol–water partition coefficient (Wildman–Crippen LogP) is 2.88. The molecule has 2 aromatic rings. The van der Waals surface area contributed by atoms with E-state index in [1.807, 2.05) is 6.92 Å². The fourth-order valence-electron chi connectivity index (χ4n) is 1.80. The van der Waals surface area contributed by atoms with Crippen molar-refractivity contribution in [1.29, 1.82) is 0 Å². The van der Waals surface area contributed by atoms with E-state index in [0.29, 0.717) is 6.61 Å². The van der Waals surface area contributed by atoms with E-state index < -0.39 is 5.97 Å². The van der Waals surface area contributed by atoms with Crippen LogP contribution in [0.5, 0.6) is 0 Å². The van der Waals surface area contributed by atoms with Gasteiger partial charge < -0.3 is 4.74 Å². The summed E-state index contributed by atoms with van der Waals surface area (Å²) >= 11 is 0. The number of aromatic amines is 1. The first-order chi connectivity index (χ1) is 9.11. The molecule has 0 saturated carbocycles. The largest absolute Gasteiger partial charge is 0.461 e. The Morgan fingerprint density at radius 3 is 2.74 bits per heavy atom. The molecular formula is C14H15FN2O2. The van der Waals surface area contributed by atoms with E-state index in [9.17, 15) is 9.18 Å². The average molecular weight is 262 g/mol. The molecule has 100 valence electrons. The number of H-pyrrole nitrogens is 1. The van der Waals surface area contributed by atoms with Crippen LogP contribution in [0.15, 0.2) is 30.3 Å². The summed E-state index contributed by atoms with van der Waals surface area (Å²) in [6, 6.07) is 7.91. The van der Waals surface area contributed by atoms with E-state index in [1.54, 1.807) is 25.1 Å². The Kier molecular flexibility index (Phi) is 3.94. The van der Waals surface area contributed by atoms with Crippen molar-refractivity contribution in [3.63, 3.8) is 0 Å². The zero-order valence-corrected chi connectivity index (χ0v) is 10.8. The van der Waals surface area contributed by atoms with Gasteiger partial charge >= 0.3 is 5.97 Å². The van der Waals surface area contributed by atoms with Crippen LogP contribution in [0.1, 0.15) is 41.5 Å². The molecule has 2 rings (SSSR count). The lowest BCUT2D eigenvalue weighted by atomic mass is 9.98. The zero-order valence-electron chi connectivity index (χ0n) is 10.8. The molecule has 0 saturated heterocycles. The molecule has 0 amide bonds. The molecule has 0 aliphatic heterocycles. The highest BCUT2D eigenvalue weighted by atomic mass is 19.1. The molecule has 1 heterocycles. The van der Waals surface area contributed by atoms with Crippen LogP contribution in [0.25, 0.3) is 0 Å². The lowest BCUT2D eigenvalue weighted by Crippen LogP contribution is -2.04. The van der Waals surface area contributed by atoms with Gasteiger partial charge in [-0.2, -0.15) is 5.10 Å². The number of hydrogen-bond acceptors (Lipinski definition) is 3. The van der Waals surface area contributed by atoms with Gasteiger partial charge in [0.15, 0.2) is 5.69 Å². The summed E-state index contributed by atoms with van der Waals surface area (Å²) in [7, 11) is 0. The van der Waals surface area contributed by atoms with E-state index in [4.69, 9.17) is 4.74 Å². The summed E-state index contributed by atoms with van der Waals surface area (Å²) in [4.78, 5) is 11.5. The lowest BCUT2D eigenvalue weighted by Gasteiger charge is -2.08. The van der Waals surface area contributed by atoms with Crippen molar-refractivity contribution < 1.29 is 13.9 Å². The summed E-state index contributed by atoms with van der Waals surface area (Å²) in [6.45, 7) is 4.01. The van der Waals surface area contributed by atoms with Gasteiger partial charge in [0.05, 0.1) is 6.61 Å². The molecule has 19 heavy (non-hydrogen) atoms.